The molecule has 0 unspecified atom stereocenters. The van der Waals surface area contributed by atoms with Gasteiger partial charge in [-0.1, -0.05) is 58.9 Å². The predicted molar refractivity (Wildman–Crippen MR) is 131 cm³/mol. The Hall–Kier alpha value is -3.51. The minimum atomic E-state index is -0.158. The second kappa shape index (κ2) is 9.75. The van der Waals surface area contributed by atoms with Crippen LogP contribution in [0.25, 0.3) is 18.3 Å². The molecule has 162 valence electrons. The van der Waals surface area contributed by atoms with Gasteiger partial charge in [0.1, 0.15) is 6.61 Å². The molecule has 1 aromatic heterocycles. The highest BCUT2D eigenvalue weighted by molar-refractivity contribution is 9.10. The number of aromatic amines is 1. The standard InChI is InChI=1S/C26H23BrN2O3/c1-3-31-25-16-20(11-14-24(25)32-17-19-9-12-21(27)13-10-19)15-23-18(2)28-29(26(23)30)22-7-5-4-6-8-22/h4-16,28H,2-3,17H2,1H3/b23-15+. The summed E-state index contributed by atoms with van der Waals surface area (Å²) in [6, 6.07) is 23.0. The van der Waals surface area contributed by atoms with Gasteiger partial charge in [0.2, 0.25) is 0 Å². The third-order valence-corrected chi connectivity index (χ3v) is 5.43. The number of hydrogen-bond donors (Lipinski definition) is 1. The molecular weight excluding hydrogens is 468 g/mol. The number of aromatic nitrogens is 2. The van der Waals surface area contributed by atoms with Crippen LogP contribution in [-0.4, -0.2) is 16.4 Å². The van der Waals surface area contributed by atoms with Crippen molar-refractivity contribution in [1.82, 2.24) is 9.78 Å². The highest BCUT2D eigenvalue weighted by Gasteiger charge is 2.08. The molecule has 0 amide bonds. The van der Waals surface area contributed by atoms with Crippen molar-refractivity contribution in [3.05, 3.63) is 109 Å². The third-order valence-electron chi connectivity index (χ3n) is 4.91. The smallest absolute Gasteiger partial charge is 0.279 e. The maximum absolute atomic E-state index is 13.0. The highest BCUT2D eigenvalue weighted by Crippen LogP contribution is 2.29. The summed E-state index contributed by atoms with van der Waals surface area (Å²) in [5.74, 6) is 1.28. The number of nitrogens with zero attached hydrogens (tertiary/aromatic N) is 1. The van der Waals surface area contributed by atoms with Gasteiger partial charge in [0, 0.05) is 4.47 Å². The molecule has 0 spiro atoms. The minimum absolute atomic E-state index is 0.158. The average Bonchev–Trinajstić information content (AvgIpc) is 3.09. The number of nitrogens with one attached hydrogen (secondary N) is 1. The Bertz CT molecular complexity index is 1370. The lowest BCUT2D eigenvalue weighted by Crippen LogP contribution is -2.33. The summed E-state index contributed by atoms with van der Waals surface area (Å²) in [5.41, 5.74) is 2.48. The van der Waals surface area contributed by atoms with E-state index >= 15 is 0 Å². The van der Waals surface area contributed by atoms with E-state index in [-0.39, 0.29) is 5.56 Å². The van der Waals surface area contributed by atoms with Crippen molar-refractivity contribution in [2.75, 3.05) is 6.61 Å². The summed E-state index contributed by atoms with van der Waals surface area (Å²) in [5, 5.41) is 4.09. The fourth-order valence-electron chi connectivity index (χ4n) is 3.31. The zero-order valence-corrected chi connectivity index (χ0v) is 19.3. The number of benzene rings is 3. The summed E-state index contributed by atoms with van der Waals surface area (Å²) in [6.45, 7) is 6.86. The van der Waals surface area contributed by atoms with E-state index in [1.54, 1.807) is 0 Å². The monoisotopic (exact) mass is 490 g/mol. The fraction of sp³-hybridized carbons (Fsp3) is 0.115. The first-order chi connectivity index (χ1) is 15.5. The number of rotatable bonds is 7. The van der Waals surface area contributed by atoms with Gasteiger partial charge in [0.05, 0.1) is 22.9 Å². The van der Waals surface area contributed by atoms with Crippen molar-refractivity contribution in [1.29, 1.82) is 0 Å². The Morgan fingerprint density at radius 1 is 1.00 bits per heavy atom. The van der Waals surface area contributed by atoms with E-state index < -0.39 is 0 Å². The molecule has 0 aliphatic rings. The van der Waals surface area contributed by atoms with Crippen molar-refractivity contribution >= 4 is 28.6 Å². The van der Waals surface area contributed by atoms with E-state index in [1.165, 1.54) is 4.68 Å². The van der Waals surface area contributed by atoms with Crippen molar-refractivity contribution < 1.29 is 9.47 Å². The van der Waals surface area contributed by atoms with Gasteiger partial charge in [0.15, 0.2) is 11.5 Å². The Morgan fingerprint density at radius 3 is 2.47 bits per heavy atom. The van der Waals surface area contributed by atoms with E-state index in [2.05, 4.69) is 27.6 Å². The normalized spacial score (nSPS) is 11.5. The maximum atomic E-state index is 13.0. The van der Waals surface area contributed by atoms with Crippen LogP contribution in [0.5, 0.6) is 11.5 Å². The van der Waals surface area contributed by atoms with Gasteiger partial charge in [-0.15, -0.1) is 0 Å². The first kappa shape index (κ1) is 21.7. The highest BCUT2D eigenvalue weighted by atomic mass is 79.9. The number of para-hydroxylation sites is 1. The molecule has 32 heavy (non-hydrogen) atoms. The predicted octanol–water partition coefficient (Wildman–Crippen LogP) is 4.14. The maximum Gasteiger partial charge on any atom is 0.279 e. The summed E-state index contributed by atoms with van der Waals surface area (Å²) in [6.07, 6.45) is 1.81. The second-order valence-corrected chi connectivity index (χ2v) is 8.09. The summed E-state index contributed by atoms with van der Waals surface area (Å²) in [4.78, 5) is 13.0. The molecule has 5 nitrogen and oxygen atoms in total. The van der Waals surface area contributed by atoms with Crippen LogP contribution in [-0.2, 0) is 6.61 Å². The molecule has 0 saturated carbocycles. The third kappa shape index (κ3) is 4.86. The summed E-state index contributed by atoms with van der Waals surface area (Å²) in [7, 11) is 0. The largest absolute Gasteiger partial charge is 0.490 e. The van der Waals surface area contributed by atoms with Gasteiger partial charge in [-0.05, 0) is 60.5 Å². The van der Waals surface area contributed by atoms with Crippen LogP contribution in [0.2, 0.25) is 0 Å². The molecule has 0 aliphatic heterocycles. The Morgan fingerprint density at radius 2 is 1.75 bits per heavy atom. The van der Waals surface area contributed by atoms with Crippen LogP contribution in [0.3, 0.4) is 0 Å². The van der Waals surface area contributed by atoms with Crippen LogP contribution < -0.4 is 25.6 Å². The summed E-state index contributed by atoms with van der Waals surface area (Å²) < 4.78 is 14.3. The molecule has 0 fully saturated rings. The molecule has 0 saturated heterocycles. The van der Waals surface area contributed by atoms with Crippen LogP contribution in [0.1, 0.15) is 18.1 Å². The topological polar surface area (TPSA) is 56.2 Å². The van der Waals surface area contributed by atoms with E-state index in [9.17, 15) is 4.79 Å². The van der Waals surface area contributed by atoms with Crippen LogP contribution in [0, 0.1) is 0 Å². The minimum Gasteiger partial charge on any atom is -0.490 e. The van der Waals surface area contributed by atoms with Crippen LogP contribution in [0.4, 0.5) is 0 Å². The number of hydrogen-bond acceptors (Lipinski definition) is 3. The first-order valence-electron chi connectivity index (χ1n) is 10.3. The van der Waals surface area contributed by atoms with Crippen molar-refractivity contribution in [3.8, 4) is 17.2 Å². The van der Waals surface area contributed by atoms with Gasteiger partial charge in [-0.25, -0.2) is 4.68 Å². The molecule has 0 atom stereocenters. The van der Waals surface area contributed by atoms with Crippen molar-refractivity contribution in [2.45, 2.75) is 13.5 Å². The zero-order chi connectivity index (χ0) is 22.5. The second-order valence-electron chi connectivity index (χ2n) is 7.18. The molecule has 1 N–H and O–H groups in total. The van der Waals surface area contributed by atoms with Crippen LogP contribution in [0.15, 0.2) is 82.1 Å². The molecule has 0 radical (unpaired) electrons. The molecular formula is C26H23BrN2O3. The molecule has 6 heteroatoms. The molecule has 4 aromatic rings. The number of ether oxygens (including phenoxy) is 2. The van der Waals surface area contributed by atoms with Gasteiger partial charge < -0.3 is 9.47 Å². The molecule has 1 heterocycles. The molecule has 4 rings (SSSR count). The van der Waals surface area contributed by atoms with Gasteiger partial charge in [0.25, 0.3) is 5.56 Å². The van der Waals surface area contributed by atoms with E-state index in [1.807, 2.05) is 85.8 Å². The van der Waals surface area contributed by atoms with Crippen molar-refractivity contribution in [2.24, 2.45) is 0 Å². The quantitative estimate of drug-likeness (QED) is 0.423. The Labute approximate surface area is 194 Å². The van der Waals surface area contributed by atoms with Crippen molar-refractivity contribution in [3.63, 3.8) is 0 Å². The number of halogens is 1. The van der Waals surface area contributed by atoms with E-state index in [0.717, 1.165) is 21.3 Å². The first-order valence-corrected chi connectivity index (χ1v) is 11.1. The van der Waals surface area contributed by atoms with Gasteiger partial charge in [-0.3, -0.25) is 9.89 Å². The van der Waals surface area contributed by atoms with Crippen LogP contribution >= 0.6 is 15.9 Å². The number of H-pyrrole nitrogens is 1. The summed E-state index contributed by atoms with van der Waals surface area (Å²) >= 11 is 3.44. The van der Waals surface area contributed by atoms with Gasteiger partial charge >= 0.3 is 0 Å². The average molecular weight is 491 g/mol. The molecule has 0 bridgehead atoms. The molecule has 3 aromatic carbocycles. The van der Waals surface area contributed by atoms with Gasteiger partial charge in [-0.2, -0.15) is 0 Å². The van der Waals surface area contributed by atoms with E-state index in [4.69, 9.17) is 9.47 Å². The SMILES string of the molecule is C=c1[nH]n(-c2ccccc2)c(=O)/c1=C/c1ccc(OCc2ccc(Br)cc2)c(OCC)c1. The lowest BCUT2D eigenvalue weighted by atomic mass is 10.1. The Kier molecular flexibility index (Phi) is 6.61. The van der Waals surface area contributed by atoms with E-state index in [0.29, 0.717) is 35.3 Å². The zero-order valence-electron chi connectivity index (χ0n) is 17.7. The lowest BCUT2D eigenvalue weighted by molar-refractivity contribution is 0.269. The fourth-order valence-corrected chi connectivity index (χ4v) is 3.58. The molecule has 0 aliphatic carbocycles. The lowest BCUT2D eigenvalue weighted by Gasteiger charge is -2.13. The Balaban J connectivity index is 1.65.